The molecule has 0 bridgehead atoms. The van der Waals surface area contributed by atoms with Crippen LogP contribution >= 0.6 is 0 Å². The summed E-state index contributed by atoms with van der Waals surface area (Å²) in [5, 5.41) is 9.41. The van der Waals surface area contributed by atoms with Gasteiger partial charge in [-0.05, 0) is 38.0 Å². The van der Waals surface area contributed by atoms with Gasteiger partial charge in [0.15, 0.2) is 0 Å². The number of carboxylic acid groups (broad SMARTS) is 1. The summed E-state index contributed by atoms with van der Waals surface area (Å²) in [5.74, 6) is -1.44. The first-order valence-corrected chi connectivity index (χ1v) is 7.16. The van der Waals surface area contributed by atoms with Gasteiger partial charge in [0, 0.05) is 13.7 Å². The van der Waals surface area contributed by atoms with E-state index in [1.807, 2.05) is 13.8 Å². The number of unbranched alkanes of at least 4 members (excludes halogenated alkanes) is 1. The molecule has 1 aliphatic carbocycles. The van der Waals surface area contributed by atoms with Crippen molar-refractivity contribution in [2.45, 2.75) is 46.5 Å². The molecule has 1 fully saturated rings. The first-order chi connectivity index (χ1) is 9.27. The SMILES string of the molecule is COCCCCOC(=O)[C@H]1CC[C@@](C)(C(=O)O)C1(C)C. The van der Waals surface area contributed by atoms with E-state index in [1.165, 1.54) is 0 Å². The van der Waals surface area contributed by atoms with Gasteiger partial charge in [-0.25, -0.2) is 0 Å². The van der Waals surface area contributed by atoms with Crippen molar-refractivity contribution < 1.29 is 24.2 Å². The van der Waals surface area contributed by atoms with Gasteiger partial charge in [0.05, 0.1) is 17.9 Å². The largest absolute Gasteiger partial charge is 0.481 e. The standard InChI is InChI=1S/C15H26O5/c1-14(2)11(7-8-15(14,3)13(17)18)12(16)20-10-6-5-9-19-4/h11H,5-10H2,1-4H3,(H,17,18)/t11-,15+/m1/s1. The van der Waals surface area contributed by atoms with Crippen LogP contribution in [0.25, 0.3) is 0 Å². The summed E-state index contributed by atoms with van der Waals surface area (Å²) in [4.78, 5) is 23.6. The highest BCUT2D eigenvalue weighted by atomic mass is 16.5. The molecule has 1 N–H and O–H groups in total. The van der Waals surface area contributed by atoms with Gasteiger partial charge in [0.1, 0.15) is 0 Å². The number of carboxylic acids is 1. The molecule has 1 rings (SSSR count). The summed E-state index contributed by atoms with van der Waals surface area (Å²) >= 11 is 0. The molecule has 0 unspecified atom stereocenters. The number of carbonyl (C=O) groups is 2. The normalized spacial score (nSPS) is 28.3. The summed E-state index contributed by atoms with van der Waals surface area (Å²) in [6, 6.07) is 0. The molecule has 0 saturated heterocycles. The third-order valence-corrected chi connectivity index (χ3v) is 4.97. The minimum absolute atomic E-state index is 0.266. The Morgan fingerprint density at radius 2 is 1.80 bits per heavy atom. The molecule has 5 nitrogen and oxygen atoms in total. The predicted molar refractivity (Wildman–Crippen MR) is 74.3 cm³/mol. The fourth-order valence-electron chi connectivity index (χ4n) is 2.92. The van der Waals surface area contributed by atoms with Crippen LogP contribution in [0.3, 0.4) is 0 Å². The first-order valence-electron chi connectivity index (χ1n) is 7.16. The Labute approximate surface area is 120 Å². The van der Waals surface area contributed by atoms with Crippen LogP contribution < -0.4 is 0 Å². The van der Waals surface area contributed by atoms with Gasteiger partial charge >= 0.3 is 11.9 Å². The molecule has 0 aromatic carbocycles. The van der Waals surface area contributed by atoms with E-state index in [-0.39, 0.29) is 11.9 Å². The van der Waals surface area contributed by atoms with Crippen LogP contribution in [0.4, 0.5) is 0 Å². The van der Waals surface area contributed by atoms with Crippen molar-refractivity contribution >= 4 is 11.9 Å². The highest BCUT2D eigenvalue weighted by Gasteiger charge is 2.58. The van der Waals surface area contributed by atoms with E-state index in [0.29, 0.717) is 26.1 Å². The molecule has 1 aliphatic rings. The molecule has 0 heterocycles. The minimum Gasteiger partial charge on any atom is -0.481 e. The molecule has 116 valence electrons. The maximum absolute atomic E-state index is 12.2. The lowest BCUT2D eigenvalue weighted by Gasteiger charge is -2.37. The van der Waals surface area contributed by atoms with Crippen LogP contribution in [-0.4, -0.2) is 37.4 Å². The molecule has 0 aromatic rings. The van der Waals surface area contributed by atoms with Gasteiger partial charge < -0.3 is 14.6 Å². The average Bonchev–Trinajstić information content (AvgIpc) is 2.61. The highest BCUT2D eigenvalue weighted by Crippen LogP contribution is 2.56. The zero-order valence-electron chi connectivity index (χ0n) is 12.9. The Hall–Kier alpha value is -1.10. The number of methoxy groups -OCH3 is 1. The van der Waals surface area contributed by atoms with E-state index in [4.69, 9.17) is 9.47 Å². The van der Waals surface area contributed by atoms with E-state index in [0.717, 1.165) is 12.8 Å². The zero-order chi connectivity index (χ0) is 15.4. The van der Waals surface area contributed by atoms with Gasteiger partial charge in [-0.1, -0.05) is 13.8 Å². The molecule has 5 heteroatoms. The van der Waals surface area contributed by atoms with Crippen LogP contribution in [0, 0.1) is 16.7 Å². The number of hydrogen-bond donors (Lipinski definition) is 1. The Bertz CT molecular complexity index is 363. The van der Waals surface area contributed by atoms with Crippen molar-refractivity contribution in [1.82, 2.24) is 0 Å². The number of aliphatic carboxylic acids is 1. The second kappa shape index (κ2) is 6.57. The molecule has 0 spiro atoms. The zero-order valence-corrected chi connectivity index (χ0v) is 12.9. The van der Waals surface area contributed by atoms with Crippen LogP contribution in [0.1, 0.15) is 46.5 Å². The van der Waals surface area contributed by atoms with E-state index < -0.39 is 16.8 Å². The molecule has 2 atom stereocenters. The maximum Gasteiger partial charge on any atom is 0.309 e. The Balaban J connectivity index is 2.56. The second-order valence-electron chi connectivity index (χ2n) is 6.32. The van der Waals surface area contributed by atoms with E-state index >= 15 is 0 Å². The number of esters is 1. The predicted octanol–water partition coefficient (Wildman–Crippen LogP) is 2.48. The molecule has 20 heavy (non-hydrogen) atoms. The molecule has 0 aliphatic heterocycles. The molecular weight excluding hydrogens is 260 g/mol. The number of carbonyl (C=O) groups excluding carboxylic acids is 1. The van der Waals surface area contributed by atoms with Crippen molar-refractivity contribution in [3.8, 4) is 0 Å². The Morgan fingerprint density at radius 3 is 2.30 bits per heavy atom. The molecule has 1 saturated carbocycles. The lowest BCUT2D eigenvalue weighted by Crippen LogP contribution is -2.43. The number of hydrogen-bond acceptors (Lipinski definition) is 4. The van der Waals surface area contributed by atoms with Crippen molar-refractivity contribution in [1.29, 1.82) is 0 Å². The molecule has 0 amide bonds. The summed E-state index contributed by atoms with van der Waals surface area (Å²) in [7, 11) is 1.64. The Morgan fingerprint density at radius 1 is 1.20 bits per heavy atom. The molecule has 0 radical (unpaired) electrons. The van der Waals surface area contributed by atoms with Gasteiger partial charge in [0.2, 0.25) is 0 Å². The minimum atomic E-state index is -0.868. The smallest absolute Gasteiger partial charge is 0.309 e. The van der Waals surface area contributed by atoms with Crippen molar-refractivity contribution in [2.24, 2.45) is 16.7 Å². The van der Waals surface area contributed by atoms with Gasteiger partial charge in [0.25, 0.3) is 0 Å². The topological polar surface area (TPSA) is 72.8 Å². The second-order valence-corrected chi connectivity index (χ2v) is 6.32. The fourth-order valence-corrected chi connectivity index (χ4v) is 2.92. The first kappa shape index (κ1) is 17.0. The maximum atomic E-state index is 12.2. The summed E-state index contributed by atoms with van der Waals surface area (Å²) in [6.07, 6.45) is 2.71. The van der Waals surface area contributed by atoms with Crippen LogP contribution in [-0.2, 0) is 19.1 Å². The third kappa shape index (κ3) is 3.14. The van der Waals surface area contributed by atoms with Crippen molar-refractivity contribution in [3.05, 3.63) is 0 Å². The fraction of sp³-hybridized carbons (Fsp3) is 0.867. The van der Waals surface area contributed by atoms with E-state index in [9.17, 15) is 14.7 Å². The summed E-state index contributed by atoms with van der Waals surface area (Å²) < 4.78 is 10.2. The third-order valence-electron chi connectivity index (χ3n) is 4.97. The van der Waals surface area contributed by atoms with Crippen LogP contribution in [0.5, 0.6) is 0 Å². The lowest BCUT2D eigenvalue weighted by atomic mass is 9.66. The van der Waals surface area contributed by atoms with Gasteiger partial charge in [-0.15, -0.1) is 0 Å². The van der Waals surface area contributed by atoms with E-state index in [2.05, 4.69) is 0 Å². The summed E-state index contributed by atoms with van der Waals surface area (Å²) in [5.41, 5.74) is -1.46. The molecular formula is C15H26O5. The quantitative estimate of drug-likeness (QED) is 0.575. The van der Waals surface area contributed by atoms with Crippen LogP contribution in [0.15, 0.2) is 0 Å². The Kier molecular flexibility index (Phi) is 5.57. The summed E-state index contributed by atoms with van der Waals surface area (Å²) in [6.45, 7) is 6.46. The van der Waals surface area contributed by atoms with Crippen molar-refractivity contribution in [2.75, 3.05) is 20.3 Å². The van der Waals surface area contributed by atoms with Crippen molar-refractivity contribution in [3.63, 3.8) is 0 Å². The highest BCUT2D eigenvalue weighted by molar-refractivity contribution is 5.80. The average molecular weight is 286 g/mol. The van der Waals surface area contributed by atoms with Gasteiger partial charge in [-0.3, -0.25) is 9.59 Å². The number of rotatable bonds is 7. The monoisotopic (exact) mass is 286 g/mol. The van der Waals surface area contributed by atoms with E-state index in [1.54, 1.807) is 14.0 Å². The molecule has 0 aromatic heterocycles. The van der Waals surface area contributed by atoms with Gasteiger partial charge in [-0.2, -0.15) is 0 Å². The number of ether oxygens (including phenoxy) is 2. The van der Waals surface area contributed by atoms with Crippen LogP contribution in [0.2, 0.25) is 0 Å². The lowest BCUT2D eigenvalue weighted by molar-refractivity contribution is -0.160.